The molecule has 0 amide bonds. The van der Waals surface area contributed by atoms with Crippen LogP contribution in [0.5, 0.6) is 0 Å². The Kier molecular flexibility index (Phi) is 10.1. The molecule has 62 heavy (non-hydrogen) atoms. The highest BCUT2D eigenvalue weighted by Gasteiger charge is 2.54. The molecule has 0 unspecified atom stereocenters. The van der Waals surface area contributed by atoms with Gasteiger partial charge in [-0.3, -0.25) is 0 Å². The van der Waals surface area contributed by atoms with Crippen molar-refractivity contribution in [3.8, 4) is 30.3 Å². The Morgan fingerprint density at radius 2 is 0.919 bits per heavy atom. The maximum atomic E-state index is 16.4. The van der Waals surface area contributed by atoms with Gasteiger partial charge in [0.2, 0.25) is 5.70 Å². The minimum atomic E-state index is -5.66. The number of hydrogen-bond donors (Lipinski definition) is 0. The van der Waals surface area contributed by atoms with Gasteiger partial charge in [-0.2, -0.15) is 52.7 Å². The predicted molar refractivity (Wildman–Crippen MR) is 215 cm³/mol. The number of alkyl halides is 6. The van der Waals surface area contributed by atoms with E-state index in [2.05, 4.69) is 14.5 Å². The molecule has 0 fully saturated rings. The van der Waals surface area contributed by atoms with Crippen LogP contribution in [-0.2, 0) is 12.4 Å². The summed E-state index contributed by atoms with van der Waals surface area (Å²) in [7, 11) is 0. The zero-order valence-electron chi connectivity index (χ0n) is 31.1. The summed E-state index contributed by atoms with van der Waals surface area (Å²) >= 11 is 0. The van der Waals surface area contributed by atoms with Crippen molar-refractivity contribution in [3.05, 3.63) is 198 Å². The van der Waals surface area contributed by atoms with E-state index in [4.69, 9.17) is 19.7 Å². The molecule has 0 saturated heterocycles. The summed E-state index contributed by atoms with van der Waals surface area (Å²) in [5.74, 6) is 0. The van der Waals surface area contributed by atoms with Gasteiger partial charge in [-0.15, -0.1) is 0 Å². The molecule has 0 N–H and O–H groups in total. The zero-order chi connectivity index (χ0) is 44.7. The lowest BCUT2D eigenvalue weighted by Gasteiger charge is -2.25. The highest BCUT2D eigenvalue weighted by molar-refractivity contribution is 6.35. The third kappa shape index (κ3) is 6.47. The Morgan fingerprint density at radius 3 is 1.34 bits per heavy atom. The first-order valence-corrected chi connectivity index (χ1v) is 17.6. The van der Waals surface area contributed by atoms with Crippen LogP contribution in [-0.4, -0.2) is 0 Å². The van der Waals surface area contributed by atoms with Crippen molar-refractivity contribution in [2.24, 2.45) is 0 Å². The average molecular weight is 819 g/mol. The number of halogens is 6. The smallest absolute Gasteiger partial charge is 0.239 e. The van der Waals surface area contributed by atoms with Gasteiger partial charge in [0.05, 0.1) is 70.8 Å². The van der Waals surface area contributed by atoms with Gasteiger partial charge in [-0.05, 0) is 57.2 Å². The van der Waals surface area contributed by atoms with Crippen molar-refractivity contribution < 1.29 is 26.3 Å². The van der Waals surface area contributed by atoms with Gasteiger partial charge >= 0.3 is 12.4 Å². The topological polar surface area (TPSA) is 132 Å². The largest absolute Gasteiger partial charge is 0.417 e. The molecule has 2 aliphatic rings. The Morgan fingerprint density at radius 1 is 0.484 bits per heavy atom. The van der Waals surface area contributed by atoms with Gasteiger partial charge in [0.1, 0.15) is 18.2 Å². The number of rotatable bonds is 4. The van der Waals surface area contributed by atoms with E-state index < -0.39 is 90.4 Å². The van der Waals surface area contributed by atoms with Crippen LogP contribution in [0, 0.1) is 76.4 Å². The highest BCUT2D eigenvalue weighted by atomic mass is 19.4. The fraction of sp³-hybridized carbons (Fsp3) is 0.0417. The summed E-state index contributed by atoms with van der Waals surface area (Å²) in [4.78, 5) is 10.0. The molecule has 5 aromatic carbocycles. The van der Waals surface area contributed by atoms with Crippen LogP contribution in [0.15, 0.2) is 97.1 Å². The average Bonchev–Trinajstić information content (AvgIpc) is 3.78. The van der Waals surface area contributed by atoms with Crippen LogP contribution in [0.1, 0.15) is 66.8 Å². The lowest BCUT2D eigenvalue weighted by Crippen LogP contribution is -2.20. The fourth-order valence-electron chi connectivity index (χ4n) is 7.85. The van der Waals surface area contributed by atoms with E-state index in [-0.39, 0.29) is 44.8 Å². The van der Waals surface area contributed by atoms with Gasteiger partial charge in [0.25, 0.3) is 0 Å². The molecule has 290 valence electrons. The normalized spacial score (nSPS) is 14.4. The maximum absolute atomic E-state index is 16.4. The van der Waals surface area contributed by atoms with Crippen LogP contribution < -0.4 is 0 Å². The summed E-state index contributed by atoms with van der Waals surface area (Å²) in [5.41, 5.74) is -16.4. The monoisotopic (exact) mass is 818 g/mol. The van der Waals surface area contributed by atoms with Crippen molar-refractivity contribution in [1.82, 2.24) is 0 Å². The first-order valence-electron chi connectivity index (χ1n) is 17.6. The van der Waals surface area contributed by atoms with Gasteiger partial charge in [0.15, 0.2) is 11.4 Å². The number of fused-ring (bicyclic) bond motifs is 2. The first kappa shape index (κ1) is 40.7. The van der Waals surface area contributed by atoms with Gasteiger partial charge < -0.3 is 0 Å². The molecule has 0 saturated carbocycles. The Labute approximate surface area is 348 Å². The number of hydrogen-bond acceptors (Lipinski definition) is 5. The van der Waals surface area contributed by atoms with Gasteiger partial charge in [-0.25, -0.2) is 14.5 Å². The molecule has 5 aromatic rings. The lowest BCUT2D eigenvalue weighted by atomic mass is 9.80. The third-order valence-electron chi connectivity index (χ3n) is 10.0. The molecular formula is C48H16F6N8. The van der Waals surface area contributed by atoms with E-state index in [0.29, 0.717) is 0 Å². The zero-order valence-corrected chi connectivity index (χ0v) is 31.1. The van der Waals surface area contributed by atoms with Gasteiger partial charge in [-0.1, -0.05) is 78.9 Å². The quantitative estimate of drug-likeness (QED) is 0.101. The number of nitrogens with zero attached hydrogens (tertiary/aromatic N) is 8. The molecule has 2 aliphatic carbocycles. The third-order valence-corrected chi connectivity index (χ3v) is 10.0. The van der Waals surface area contributed by atoms with E-state index in [1.165, 1.54) is 60.7 Å². The fourth-order valence-corrected chi connectivity index (χ4v) is 7.85. The van der Waals surface area contributed by atoms with E-state index in [1.807, 2.05) is 0 Å². The van der Waals surface area contributed by atoms with Crippen molar-refractivity contribution in [1.29, 1.82) is 26.3 Å². The van der Waals surface area contributed by atoms with E-state index >= 15 is 26.3 Å². The molecule has 0 atom stereocenters. The summed E-state index contributed by atoms with van der Waals surface area (Å²) in [6.07, 6.45) is -11.3. The minimum Gasteiger partial charge on any atom is -0.239 e. The highest BCUT2D eigenvalue weighted by Crippen LogP contribution is 2.64. The Balaban J connectivity index is 1.87. The number of benzene rings is 5. The standard InChI is InChI=1S/C48H16F6N8/c1-60-31-17-30(18-32(19-31)61-2)34(23-58)39-37(28-12-8-5-9-13-28)46(62-3)43-42(39)44(47(49,50)51)40-35(24-59)36(27-10-6-4-7-11-27)38(41(40)45(43)48(52,53)54)33(22-57)29-15-25(20-55)14-26(16-29)21-56/h4-19H/b38-33+,39-34+. The second-order valence-corrected chi connectivity index (χ2v) is 13.4. The summed E-state index contributed by atoms with van der Waals surface area (Å²) in [6, 6.07) is 29.3. The van der Waals surface area contributed by atoms with Crippen LogP contribution in [0.3, 0.4) is 0 Å². The molecule has 0 aliphatic heterocycles. The van der Waals surface area contributed by atoms with E-state index in [9.17, 15) is 26.3 Å². The maximum Gasteiger partial charge on any atom is 0.417 e. The molecule has 14 heteroatoms. The molecule has 0 heterocycles. The molecular weight excluding hydrogens is 803 g/mol. The molecule has 7 rings (SSSR count). The van der Waals surface area contributed by atoms with Crippen molar-refractivity contribution in [2.45, 2.75) is 12.4 Å². The summed E-state index contributed by atoms with van der Waals surface area (Å²) in [5, 5.41) is 52.2. The van der Waals surface area contributed by atoms with Crippen LogP contribution >= 0.6 is 0 Å². The van der Waals surface area contributed by atoms with E-state index in [0.717, 1.165) is 36.4 Å². The van der Waals surface area contributed by atoms with Crippen molar-refractivity contribution in [3.63, 3.8) is 0 Å². The van der Waals surface area contributed by atoms with Crippen LogP contribution in [0.2, 0.25) is 0 Å². The lowest BCUT2D eigenvalue weighted by molar-refractivity contribution is -0.141. The number of nitriles is 5. The van der Waals surface area contributed by atoms with Crippen molar-refractivity contribution in [2.75, 3.05) is 0 Å². The van der Waals surface area contributed by atoms with Crippen LogP contribution in [0.4, 0.5) is 37.7 Å². The SMILES string of the molecule is [C-]#[N+]C1=C(c2ccccc2)/C(=C(/C#N)c2cc([N+]#[C-])cc([N+]#[C-])c2)c2c1c(C(F)(F)F)c1c(c2C(F)(F)F)C(C#N)=C(c2ccccc2)/C1=C(/C#N)c1cc(C#N)cc(C#N)c1. The van der Waals surface area contributed by atoms with Crippen molar-refractivity contribution >= 4 is 56.1 Å². The number of allylic oxidation sites excluding steroid dienone is 7. The summed E-state index contributed by atoms with van der Waals surface area (Å²) in [6.45, 7) is 23.5. The Bertz CT molecular complexity index is 3040. The predicted octanol–water partition coefficient (Wildman–Crippen LogP) is 12.7. The molecule has 8 nitrogen and oxygen atoms in total. The summed E-state index contributed by atoms with van der Waals surface area (Å²) < 4.78 is 98.3. The minimum absolute atomic E-state index is 0.0718. The second kappa shape index (κ2) is 15.4. The van der Waals surface area contributed by atoms with Gasteiger partial charge in [0, 0.05) is 27.8 Å². The second-order valence-electron chi connectivity index (χ2n) is 13.4. The molecule has 0 bridgehead atoms. The molecule has 0 aromatic heterocycles. The van der Waals surface area contributed by atoms with Crippen LogP contribution in [0.25, 0.3) is 59.2 Å². The first-order chi connectivity index (χ1) is 29.7. The van der Waals surface area contributed by atoms with E-state index in [1.54, 1.807) is 30.3 Å². The Hall–Kier alpha value is -9.44. The molecule has 0 spiro atoms. The molecule has 0 radical (unpaired) electrons.